The highest BCUT2D eigenvalue weighted by Crippen LogP contribution is 2.30. The predicted molar refractivity (Wildman–Crippen MR) is 378 cm³/mol. The van der Waals surface area contributed by atoms with E-state index in [1.807, 2.05) is 6.08 Å². The maximum absolute atomic E-state index is 13.4. The molecule has 9 N–H and O–H groups in total. The summed E-state index contributed by atoms with van der Waals surface area (Å²) in [6.07, 6.45) is 69.4. The molecule has 0 aromatic rings. The molecule has 0 radical (unpaired) electrons. The molecule has 2 aliphatic rings. The Hall–Kier alpha value is -2.83. The van der Waals surface area contributed by atoms with Gasteiger partial charge in [-0.1, -0.05) is 304 Å². The molecule has 2 rings (SSSR count). The van der Waals surface area contributed by atoms with Crippen molar-refractivity contribution in [3.05, 3.63) is 85.1 Å². The van der Waals surface area contributed by atoms with Gasteiger partial charge in [0.2, 0.25) is 5.91 Å². The number of hydrogen-bond donors (Lipinski definition) is 9. The van der Waals surface area contributed by atoms with Crippen LogP contribution in [0.25, 0.3) is 0 Å². The number of allylic oxidation sites excluding steroid dienone is 13. The van der Waals surface area contributed by atoms with E-state index in [0.717, 1.165) is 70.6 Å². The molecular formula is C78H139NO13. The molecule has 0 aromatic carbocycles. The SMILES string of the molecule is CC/C=C\C/C=C\C/C=C\C/C=C\CCCCCCCCCCCCCCCCCCCCCCC(=O)NC(COC1OC(CO)C(OC2OC(CO)C(O)C(O)C2O)C(O)C1O)C(O)/C=C/CC/C=C/CC/C=C/CCCCCCCCCCCCCCCCC. The van der Waals surface area contributed by atoms with Gasteiger partial charge in [0.1, 0.15) is 48.8 Å². The van der Waals surface area contributed by atoms with E-state index in [1.165, 1.54) is 205 Å². The van der Waals surface area contributed by atoms with E-state index in [0.29, 0.717) is 12.8 Å². The molecular weight excluding hydrogens is 1160 g/mol. The van der Waals surface area contributed by atoms with E-state index in [9.17, 15) is 45.6 Å². The van der Waals surface area contributed by atoms with Crippen LogP contribution in [0.4, 0.5) is 0 Å². The van der Waals surface area contributed by atoms with Crippen molar-refractivity contribution < 1.29 is 64.6 Å². The third-order valence-corrected chi connectivity index (χ3v) is 18.0. The Morgan fingerprint density at radius 1 is 0.402 bits per heavy atom. The number of amides is 1. The van der Waals surface area contributed by atoms with Crippen molar-refractivity contribution in [2.24, 2.45) is 0 Å². The largest absolute Gasteiger partial charge is 0.394 e. The first kappa shape index (κ1) is 85.3. The highest BCUT2D eigenvalue weighted by Gasteiger charge is 2.51. The van der Waals surface area contributed by atoms with E-state index in [2.05, 4.69) is 92.1 Å². The Kier molecular flexibility index (Phi) is 57.2. The minimum absolute atomic E-state index is 0.250. The van der Waals surface area contributed by atoms with Crippen molar-refractivity contribution in [3.8, 4) is 0 Å². The minimum Gasteiger partial charge on any atom is -0.394 e. The number of ether oxygens (including phenoxy) is 4. The van der Waals surface area contributed by atoms with Crippen LogP contribution in [0.3, 0.4) is 0 Å². The van der Waals surface area contributed by atoms with Gasteiger partial charge in [0.05, 0.1) is 32.0 Å². The van der Waals surface area contributed by atoms with Crippen molar-refractivity contribution >= 4 is 5.91 Å². The molecule has 12 atom stereocenters. The van der Waals surface area contributed by atoms with Gasteiger partial charge in [-0.15, -0.1) is 0 Å². The monoisotopic (exact) mass is 1300 g/mol. The van der Waals surface area contributed by atoms with Crippen LogP contribution in [0.1, 0.15) is 309 Å². The fourth-order valence-electron chi connectivity index (χ4n) is 12.1. The molecule has 92 heavy (non-hydrogen) atoms. The summed E-state index contributed by atoms with van der Waals surface area (Å²) in [5, 5.41) is 87.5. The van der Waals surface area contributed by atoms with Gasteiger partial charge >= 0.3 is 0 Å². The standard InChI is InChI=1S/C78H139NO13/c1-3-5-7-9-11-13-15-17-19-21-23-25-27-29-30-31-32-33-34-35-36-38-40-42-44-46-48-50-52-54-56-58-60-62-70(83)79-66(65-89-77-75(88)73(86)76(69(64-81)91-77)92-78-74(87)72(85)71(84)68(63-80)90-78)67(82)61-59-57-55-53-51-49-47-45-43-41-39-37-28-26-24-22-20-18-16-14-12-10-8-6-4-2/h5,7,11,13,17,19,23,25,43,45,51,53,59,61,66-69,71-78,80-82,84-88H,3-4,6,8-10,12,14-16,18,20-22,24,26-42,44,46-50,52,54-58,60,62-65H2,1-2H3,(H,79,83)/b7-5-,13-11-,19-17-,25-23-,45-43+,53-51+,61-59+. The van der Waals surface area contributed by atoms with Gasteiger partial charge in [-0.3, -0.25) is 4.79 Å². The smallest absolute Gasteiger partial charge is 0.220 e. The lowest BCUT2D eigenvalue weighted by atomic mass is 9.97. The number of aliphatic hydroxyl groups is 8. The summed E-state index contributed by atoms with van der Waals surface area (Å²) in [7, 11) is 0. The fourth-order valence-corrected chi connectivity index (χ4v) is 12.1. The van der Waals surface area contributed by atoms with E-state index in [4.69, 9.17) is 18.9 Å². The molecule has 14 heteroatoms. The number of aliphatic hydroxyl groups excluding tert-OH is 8. The van der Waals surface area contributed by atoms with Crippen LogP contribution in [0.5, 0.6) is 0 Å². The van der Waals surface area contributed by atoms with Crippen LogP contribution in [0.15, 0.2) is 85.1 Å². The number of carbonyl (C=O) groups is 1. The van der Waals surface area contributed by atoms with Gasteiger partial charge in [-0.2, -0.15) is 0 Å². The second kappa shape index (κ2) is 61.7. The van der Waals surface area contributed by atoms with Gasteiger partial charge < -0.3 is 65.1 Å². The number of nitrogens with one attached hydrogen (secondary N) is 1. The van der Waals surface area contributed by atoms with E-state index < -0.39 is 86.8 Å². The molecule has 12 unspecified atom stereocenters. The minimum atomic E-state index is -1.80. The van der Waals surface area contributed by atoms with E-state index >= 15 is 0 Å². The van der Waals surface area contributed by atoms with Crippen molar-refractivity contribution in [2.75, 3.05) is 19.8 Å². The Labute approximate surface area is 561 Å². The molecule has 1 amide bonds. The molecule has 0 aromatic heterocycles. The van der Waals surface area contributed by atoms with Gasteiger partial charge in [0.15, 0.2) is 12.6 Å². The summed E-state index contributed by atoms with van der Waals surface area (Å²) in [5.41, 5.74) is 0. The average Bonchev–Trinajstić information content (AvgIpc) is 0.829. The Balaban J connectivity index is 1.65. The average molecular weight is 1300 g/mol. The maximum Gasteiger partial charge on any atom is 0.220 e. The first-order chi connectivity index (χ1) is 45.1. The van der Waals surface area contributed by atoms with Gasteiger partial charge in [-0.05, 0) is 83.5 Å². The van der Waals surface area contributed by atoms with Crippen LogP contribution in [0, 0.1) is 0 Å². The van der Waals surface area contributed by atoms with Crippen molar-refractivity contribution in [1.29, 1.82) is 0 Å². The number of unbranched alkanes of at least 4 members (excludes halogenated alkanes) is 37. The molecule has 2 saturated heterocycles. The summed E-state index contributed by atoms with van der Waals surface area (Å²) in [4.78, 5) is 13.4. The molecule has 0 bridgehead atoms. The second-order valence-electron chi connectivity index (χ2n) is 26.4. The molecule has 0 spiro atoms. The van der Waals surface area contributed by atoms with E-state index in [1.54, 1.807) is 6.08 Å². The quantitative estimate of drug-likeness (QED) is 0.0204. The maximum atomic E-state index is 13.4. The molecule has 14 nitrogen and oxygen atoms in total. The Morgan fingerprint density at radius 3 is 1.20 bits per heavy atom. The normalized spacial score (nSPS) is 23.2. The van der Waals surface area contributed by atoms with Crippen LogP contribution in [-0.2, 0) is 23.7 Å². The molecule has 0 aliphatic carbocycles. The first-order valence-electron chi connectivity index (χ1n) is 37.8. The number of rotatable bonds is 62. The highest BCUT2D eigenvalue weighted by atomic mass is 16.7. The molecule has 2 aliphatic heterocycles. The zero-order chi connectivity index (χ0) is 66.6. The molecule has 2 fully saturated rings. The predicted octanol–water partition coefficient (Wildman–Crippen LogP) is 16.4. The molecule has 0 saturated carbocycles. The summed E-state index contributed by atoms with van der Waals surface area (Å²) in [6.45, 7) is 2.70. The third-order valence-electron chi connectivity index (χ3n) is 18.0. The Bertz CT molecular complexity index is 1870. The van der Waals surface area contributed by atoms with Crippen molar-refractivity contribution in [1.82, 2.24) is 5.32 Å². The summed E-state index contributed by atoms with van der Waals surface area (Å²) < 4.78 is 22.9. The van der Waals surface area contributed by atoms with Gasteiger partial charge in [0.25, 0.3) is 0 Å². The molecule has 2 heterocycles. The zero-order valence-corrected chi connectivity index (χ0v) is 58.3. The fraction of sp³-hybridized carbons (Fsp3) is 0.808. The summed E-state index contributed by atoms with van der Waals surface area (Å²) in [5.74, 6) is -0.250. The van der Waals surface area contributed by atoms with Crippen LogP contribution < -0.4 is 5.32 Å². The molecule has 534 valence electrons. The van der Waals surface area contributed by atoms with Crippen molar-refractivity contribution in [2.45, 2.75) is 383 Å². The van der Waals surface area contributed by atoms with Crippen LogP contribution in [-0.4, -0.2) is 140 Å². The summed E-state index contributed by atoms with van der Waals surface area (Å²) >= 11 is 0. The zero-order valence-electron chi connectivity index (χ0n) is 58.3. The highest BCUT2D eigenvalue weighted by molar-refractivity contribution is 5.76. The number of hydrogen-bond acceptors (Lipinski definition) is 13. The van der Waals surface area contributed by atoms with Gasteiger partial charge in [-0.25, -0.2) is 0 Å². The first-order valence-corrected chi connectivity index (χ1v) is 37.8. The number of carbonyl (C=O) groups excluding carboxylic acids is 1. The summed E-state index contributed by atoms with van der Waals surface area (Å²) in [6, 6.07) is -0.942. The Morgan fingerprint density at radius 2 is 0.761 bits per heavy atom. The van der Waals surface area contributed by atoms with Crippen LogP contribution in [0.2, 0.25) is 0 Å². The van der Waals surface area contributed by atoms with E-state index in [-0.39, 0.29) is 18.9 Å². The third kappa shape index (κ3) is 44.8. The lowest BCUT2D eigenvalue weighted by Gasteiger charge is -2.46. The lowest BCUT2D eigenvalue weighted by Crippen LogP contribution is -2.65. The van der Waals surface area contributed by atoms with Crippen molar-refractivity contribution in [3.63, 3.8) is 0 Å². The topological polar surface area (TPSA) is 228 Å². The second-order valence-corrected chi connectivity index (χ2v) is 26.4. The van der Waals surface area contributed by atoms with Crippen LogP contribution >= 0.6 is 0 Å². The van der Waals surface area contributed by atoms with Gasteiger partial charge in [0, 0.05) is 6.42 Å². The lowest BCUT2D eigenvalue weighted by molar-refractivity contribution is -0.359.